The van der Waals surface area contributed by atoms with Gasteiger partial charge in [-0.15, -0.1) is 0 Å². The number of aliphatic hydroxyl groups is 1. The third-order valence-electron chi connectivity index (χ3n) is 12.1. The highest BCUT2D eigenvalue weighted by molar-refractivity contribution is 7.22. The maximum atomic E-state index is 15.6. The summed E-state index contributed by atoms with van der Waals surface area (Å²) in [7, 11) is 1.61. The number of methoxy groups -OCH3 is 1. The summed E-state index contributed by atoms with van der Waals surface area (Å²) in [5.74, 6) is 4.63. The highest BCUT2D eigenvalue weighted by atomic mass is 32.1. The van der Waals surface area contributed by atoms with Crippen molar-refractivity contribution in [3.8, 4) is 23.3 Å². The number of amides is 2. The largest absolute Gasteiger partial charge is 0.497 e. The van der Waals surface area contributed by atoms with Gasteiger partial charge in [-0.05, 0) is 89.0 Å². The Morgan fingerprint density at radius 1 is 0.810 bits per heavy atom. The molecule has 3 aliphatic heterocycles. The highest BCUT2D eigenvalue weighted by Crippen LogP contribution is 2.65. The van der Waals surface area contributed by atoms with Crippen LogP contribution in [0.5, 0.6) is 11.5 Å². The van der Waals surface area contributed by atoms with Gasteiger partial charge in [-0.1, -0.05) is 108 Å². The number of para-hydroxylation sites is 1. The fourth-order valence-electron chi connectivity index (χ4n) is 9.54. The molecule has 0 radical (unpaired) electrons. The molecule has 6 atom stereocenters. The molecule has 3 N–H and O–H groups in total. The first-order valence-electron chi connectivity index (χ1n) is 20.6. The molecule has 7 aromatic rings. The number of aromatic nitrogens is 1. The van der Waals surface area contributed by atoms with E-state index < -0.39 is 53.3 Å². The number of ether oxygens (including phenoxy) is 3. The van der Waals surface area contributed by atoms with Gasteiger partial charge in [0.25, 0.3) is 0 Å². The van der Waals surface area contributed by atoms with Crippen molar-refractivity contribution in [2.75, 3.05) is 31.0 Å². The molecule has 12 heteroatoms. The van der Waals surface area contributed by atoms with Gasteiger partial charge in [-0.25, -0.2) is 4.98 Å². The summed E-state index contributed by atoms with van der Waals surface area (Å²) in [6.45, 7) is -0.177. The zero-order chi connectivity index (χ0) is 43.1. The van der Waals surface area contributed by atoms with Gasteiger partial charge in [0.05, 0.1) is 41.9 Å². The number of esters is 1. The van der Waals surface area contributed by atoms with E-state index in [1.165, 1.54) is 11.3 Å². The van der Waals surface area contributed by atoms with Crippen LogP contribution in [-0.2, 0) is 24.5 Å². The average Bonchev–Trinajstić information content (AvgIpc) is 3.97. The third-order valence-corrected chi connectivity index (χ3v) is 13.0. The molecule has 0 aliphatic carbocycles. The number of aliphatic hydroxyl groups excluding tert-OH is 1. The molecule has 1 aromatic heterocycles. The van der Waals surface area contributed by atoms with Gasteiger partial charge in [0, 0.05) is 16.8 Å². The Balaban J connectivity index is 1.23. The Hall–Kier alpha value is -7.30. The predicted molar refractivity (Wildman–Crippen MR) is 239 cm³/mol. The number of fused-ring (bicyclic) bond motifs is 4. The number of thiazole rings is 1. The van der Waals surface area contributed by atoms with Crippen LogP contribution < -0.4 is 20.1 Å². The summed E-state index contributed by atoms with van der Waals surface area (Å²) in [4.78, 5) is 53.1. The van der Waals surface area contributed by atoms with Crippen LogP contribution in [0.1, 0.15) is 51.6 Å². The van der Waals surface area contributed by atoms with Crippen LogP contribution in [0.25, 0.3) is 10.2 Å². The zero-order valence-electron chi connectivity index (χ0n) is 33.9. The number of nitrogens with one attached hydrogen (secondary N) is 2. The Morgan fingerprint density at radius 2 is 1.51 bits per heavy atom. The lowest BCUT2D eigenvalue weighted by atomic mass is 9.65. The van der Waals surface area contributed by atoms with Crippen molar-refractivity contribution < 1.29 is 33.7 Å². The van der Waals surface area contributed by atoms with E-state index in [0.29, 0.717) is 44.5 Å². The molecule has 312 valence electrons. The summed E-state index contributed by atoms with van der Waals surface area (Å²) in [5, 5.41) is 16.3. The molecule has 63 heavy (non-hydrogen) atoms. The second-order valence-corrected chi connectivity index (χ2v) is 16.6. The molecule has 0 unspecified atom stereocenters. The minimum atomic E-state index is -1.76. The van der Waals surface area contributed by atoms with Gasteiger partial charge < -0.3 is 30.0 Å². The Morgan fingerprint density at radius 3 is 2.25 bits per heavy atom. The molecule has 2 amide bonds. The molecule has 0 bridgehead atoms. The second kappa shape index (κ2) is 16.5. The van der Waals surface area contributed by atoms with E-state index in [1.54, 1.807) is 19.2 Å². The number of hydrogen-bond acceptors (Lipinski definition) is 10. The number of benzene rings is 6. The van der Waals surface area contributed by atoms with Crippen molar-refractivity contribution in [2.24, 2.45) is 5.92 Å². The SMILES string of the molecule is COc1ccc(C#Cc2ccc3c(c2)[C@]2(C(=O)N3)[C@H](C(=O)Nc3nc4ccccc4s3)[C@H]3C(=O)O[C@H](c4ccccc4)[C@H](c4ccccc4)N3[C@@H]2c2cccc(OCCO)c2)cc1. The van der Waals surface area contributed by atoms with Crippen LogP contribution in [0.4, 0.5) is 10.8 Å². The Kier molecular flexibility index (Phi) is 10.4. The molecule has 3 aliphatic rings. The molecule has 0 saturated carbocycles. The van der Waals surface area contributed by atoms with Crippen molar-refractivity contribution in [1.29, 1.82) is 0 Å². The quantitative estimate of drug-likeness (QED) is 0.0975. The molecular weight excluding hydrogens is 813 g/mol. The van der Waals surface area contributed by atoms with Gasteiger partial charge in [0.1, 0.15) is 35.7 Å². The molecule has 6 aromatic carbocycles. The highest BCUT2D eigenvalue weighted by Gasteiger charge is 2.74. The maximum Gasteiger partial charge on any atom is 0.324 e. The maximum absolute atomic E-state index is 15.6. The lowest BCUT2D eigenvalue weighted by Crippen LogP contribution is -2.53. The van der Waals surface area contributed by atoms with E-state index in [4.69, 9.17) is 19.2 Å². The number of hydrogen-bond donors (Lipinski definition) is 3. The fourth-order valence-corrected chi connectivity index (χ4v) is 10.4. The Labute approximate surface area is 367 Å². The lowest BCUT2D eigenvalue weighted by molar-refractivity contribution is -0.177. The number of nitrogens with zero attached hydrogens (tertiary/aromatic N) is 2. The van der Waals surface area contributed by atoms with Crippen LogP contribution in [-0.4, -0.2) is 59.1 Å². The molecule has 11 nitrogen and oxygen atoms in total. The average molecular weight is 853 g/mol. The zero-order valence-corrected chi connectivity index (χ0v) is 34.8. The monoisotopic (exact) mass is 852 g/mol. The summed E-state index contributed by atoms with van der Waals surface area (Å²) in [6, 6.07) is 44.1. The summed E-state index contributed by atoms with van der Waals surface area (Å²) in [6.07, 6.45) is -0.831. The van der Waals surface area contributed by atoms with Gasteiger partial charge >= 0.3 is 5.97 Å². The number of carbonyl (C=O) groups excluding carboxylic acids is 3. The first kappa shape index (κ1) is 39.8. The van der Waals surface area contributed by atoms with E-state index in [0.717, 1.165) is 21.4 Å². The van der Waals surface area contributed by atoms with E-state index in [2.05, 4.69) is 22.5 Å². The number of carbonyl (C=O) groups is 3. The van der Waals surface area contributed by atoms with Crippen LogP contribution in [0.2, 0.25) is 0 Å². The van der Waals surface area contributed by atoms with Gasteiger partial charge in [0.15, 0.2) is 5.13 Å². The lowest BCUT2D eigenvalue weighted by Gasteiger charge is -2.46. The van der Waals surface area contributed by atoms with E-state index in [-0.39, 0.29) is 13.2 Å². The molecular formula is C51H40N4O7S. The summed E-state index contributed by atoms with van der Waals surface area (Å²) >= 11 is 1.31. The van der Waals surface area contributed by atoms with E-state index in [9.17, 15) is 5.11 Å². The minimum Gasteiger partial charge on any atom is -0.497 e. The number of morpholine rings is 1. The fraction of sp³-hybridized carbons (Fsp3) is 0.176. The van der Waals surface area contributed by atoms with Crippen molar-refractivity contribution >= 4 is 50.2 Å². The number of rotatable bonds is 9. The van der Waals surface area contributed by atoms with Crippen LogP contribution in [0.3, 0.4) is 0 Å². The molecule has 2 fully saturated rings. The van der Waals surface area contributed by atoms with Gasteiger partial charge in [-0.3, -0.25) is 19.3 Å². The predicted octanol–water partition coefficient (Wildman–Crippen LogP) is 7.99. The van der Waals surface area contributed by atoms with Gasteiger partial charge in [0.2, 0.25) is 11.8 Å². The molecule has 10 rings (SSSR count). The van der Waals surface area contributed by atoms with Crippen LogP contribution in [0, 0.1) is 17.8 Å². The molecule has 4 heterocycles. The van der Waals surface area contributed by atoms with Gasteiger partial charge in [-0.2, -0.15) is 0 Å². The third kappa shape index (κ3) is 6.96. The first-order chi connectivity index (χ1) is 30.9. The van der Waals surface area contributed by atoms with E-state index in [1.807, 2.05) is 144 Å². The minimum absolute atomic E-state index is 0.0351. The summed E-state index contributed by atoms with van der Waals surface area (Å²) in [5.41, 5.74) is 3.49. The smallest absolute Gasteiger partial charge is 0.324 e. The molecule has 2 saturated heterocycles. The van der Waals surface area contributed by atoms with E-state index >= 15 is 14.4 Å². The van der Waals surface area contributed by atoms with Crippen LogP contribution >= 0.6 is 11.3 Å². The van der Waals surface area contributed by atoms with Crippen LogP contribution in [0.15, 0.2) is 152 Å². The topological polar surface area (TPSA) is 139 Å². The number of cyclic esters (lactones) is 1. The first-order valence-corrected chi connectivity index (χ1v) is 21.4. The van der Waals surface area contributed by atoms with Crippen molar-refractivity contribution in [2.45, 2.75) is 29.6 Å². The molecule has 1 spiro atoms. The van der Waals surface area contributed by atoms with Crippen molar-refractivity contribution in [3.63, 3.8) is 0 Å². The number of anilines is 2. The Bertz CT molecular complexity index is 2900. The second-order valence-electron chi connectivity index (χ2n) is 15.6. The van der Waals surface area contributed by atoms with Crippen molar-refractivity contribution in [1.82, 2.24) is 9.88 Å². The normalized spacial score (nSPS) is 22.3. The summed E-state index contributed by atoms with van der Waals surface area (Å²) < 4.78 is 18.7. The standard InChI is InChI=1S/C51H40N4O7S/c1-60-36-24-21-31(22-25-36)19-20-32-23-26-39-38(29-32)51(49(59)52-39)42(47(57)54-50-53-40-17-8-9-18-41(40)63-50)44-48(58)62-45(34-13-6-3-7-14-34)43(33-11-4-2-5-12-33)55(44)46(51)35-15-10-16-37(30-35)61-28-27-56/h2-18,21-26,29-30,42-46,56H,27-28H2,1H3,(H,52,59)(H,53,54,57)/t42-,43-,44-,45+,46+,51-/m0/s1. The van der Waals surface area contributed by atoms with Crippen molar-refractivity contribution in [3.05, 3.63) is 185 Å².